The summed E-state index contributed by atoms with van der Waals surface area (Å²) in [5, 5.41) is 3.91. The van der Waals surface area contributed by atoms with Gasteiger partial charge in [-0.2, -0.15) is 0 Å². The topological polar surface area (TPSA) is 55.1 Å². The Balaban J connectivity index is 1.46. The van der Waals surface area contributed by atoms with Crippen molar-refractivity contribution < 1.29 is 9.21 Å². The molecule has 0 unspecified atom stereocenters. The van der Waals surface area contributed by atoms with Crippen molar-refractivity contribution in [3.63, 3.8) is 0 Å². The molecule has 0 saturated carbocycles. The normalized spacial score (nSPS) is 10.9. The van der Waals surface area contributed by atoms with E-state index in [-0.39, 0.29) is 5.91 Å². The minimum Gasteiger partial charge on any atom is -0.460 e. The minimum atomic E-state index is -0.0761. The smallest absolute Gasteiger partial charge is 0.252 e. The third-order valence-electron chi connectivity index (χ3n) is 4.97. The second-order valence-corrected chi connectivity index (χ2v) is 7.18. The quantitative estimate of drug-likeness (QED) is 0.425. The molecule has 2 heterocycles. The number of fused-ring (bicyclic) bond motifs is 1. The number of benzene rings is 2. The highest BCUT2D eigenvalue weighted by atomic mass is 16.3. The predicted molar refractivity (Wildman–Crippen MR) is 116 cm³/mol. The fourth-order valence-electron chi connectivity index (χ4n) is 3.46. The summed E-state index contributed by atoms with van der Waals surface area (Å²) < 4.78 is 5.71. The number of nitrogens with one attached hydrogen (secondary N) is 1. The average molecular weight is 384 g/mol. The minimum absolute atomic E-state index is 0.0761. The van der Waals surface area contributed by atoms with Crippen LogP contribution >= 0.6 is 0 Å². The zero-order valence-electron chi connectivity index (χ0n) is 16.5. The maximum atomic E-state index is 12.9. The molecule has 0 aliphatic rings. The number of nitrogens with zero attached hydrogens (tertiary/aromatic N) is 1. The number of furan rings is 1. The van der Waals surface area contributed by atoms with Gasteiger partial charge in [0.2, 0.25) is 0 Å². The molecular weight excluding hydrogens is 360 g/mol. The summed E-state index contributed by atoms with van der Waals surface area (Å²) in [4.78, 5) is 17.6. The molecule has 0 aliphatic carbocycles. The van der Waals surface area contributed by atoms with Crippen LogP contribution in [0, 0.1) is 6.92 Å². The van der Waals surface area contributed by atoms with Gasteiger partial charge in [0.05, 0.1) is 11.1 Å². The van der Waals surface area contributed by atoms with E-state index in [2.05, 4.69) is 34.6 Å². The third kappa shape index (κ3) is 4.54. The van der Waals surface area contributed by atoms with Crippen molar-refractivity contribution in [1.29, 1.82) is 0 Å². The van der Waals surface area contributed by atoms with E-state index in [4.69, 9.17) is 4.42 Å². The highest BCUT2D eigenvalue weighted by Gasteiger charge is 2.15. The lowest BCUT2D eigenvalue weighted by Gasteiger charge is -2.10. The molecule has 0 bridgehead atoms. The number of para-hydroxylation sites is 1. The SMILES string of the molecule is Cc1ccc(-c2cc(C(=O)NCCCCc3ccccc3)c3ccccc3n2)o1. The molecule has 4 rings (SSSR count). The summed E-state index contributed by atoms with van der Waals surface area (Å²) in [5.74, 6) is 1.41. The van der Waals surface area contributed by atoms with Crippen LogP contribution in [0.1, 0.15) is 34.5 Å². The van der Waals surface area contributed by atoms with Crippen molar-refractivity contribution in [3.05, 3.63) is 89.7 Å². The molecular formula is C25H24N2O2. The van der Waals surface area contributed by atoms with Gasteiger partial charge in [0, 0.05) is 11.9 Å². The van der Waals surface area contributed by atoms with Gasteiger partial charge in [0.25, 0.3) is 5.91 Å². The summed E-state index contributed by atoms with van der Waals surface area (Å²) in [6, 6.07) is 23.7. The first-order valence-corrected chi connectivity index (χ1v) is 9.99. The first kappa shape index (κ1) is 18.9. The van der Waals surface area contributed by atoms with E-state index < -0.39 is 0 Å². The monoisotopic (exact) mass is 384 g/mol. The molecule has 0 fully saturated rings. The molecule has 0 radical (unpaired) electrons. The fourth-order valence-corrected chi connectivity index (χ4v) is 3.46. The van der Waals surface area contributed by atoms with Crippen molar-refractivity contribution >= 4 is 16.8 Å². The van der Waals surface area contributed by atoms with Crippen LogP contribution in [0.5, 0.6) is 0 Å². The van der Waals surface area contributed by atoms with Crippen LogP contribution in [0.4, 0.5) is 0 Å². The third-order valence-corrected chi connectivity index (χ3v) is 4.97. The van der Waals surface area contributed by atoms with Gasteiger partial charge in [0.15, 0.2) is 5.76 Å². The number of aromatic nitrogens is 1. The second kappa shape index (κ2) is 8.74. The van der Waals surface area contributed by atoms with Crippen LogP contribution in [0.3, 0.4) is 0 Å². The number of unbranched alkanes of at least 4 members (excludes halogenated alkanes) is 1. The summed E-state index contributed by atoms with van der Waals surface area (Å²) >= 11 is 0. The first-order valence-electron chi connectivity index (χ1n) is 9.99. The standard InChI is InChI=1S/C25H24N2O2/c1-18-14-15-24(29-18)23-17-21(20-12-5-6-13-22(20)27-23)25(28)26-16-8-7-11-19-9-3-2-4-10-19/h2-6,9-10,12-15,17H,7-8,11,16H2,1H3,(H,26,28). The molecule has 0 saturated heterocycles. The molecule has 2 aromatic heterocycles. The molecule has 2 aromatic carbocycles. The van der Waals surface area contributed by atoms with Gasteiger partial charge in [0.1, 0.15) is 11.5 Å². The van der Waals surface area contributed by atoms with Crippen molar-refractivity contribution in [3.8, 4) is 11.5 Å². The van der Waals surface area contributed by atoms with Crippen molar-refractivity contribution in [2.45, 2.75) is 26.2 Å². The number of rotatable bonds is 7. The van der Waals surface area contributed by atoms with Crippen molar-refractivity contribution in [2.24, 2.45) is 0 Å². The zero-order chi connectivity index (χ0) is 20.1. The van der Waals surface area contributed by atoms with Crippen LogP contribution in [-0.2, 0) is 6.42 Å². The van der Waals surface area contributed by atoms with E-state index in [1.807, 2.05) is 55.5 Å². The van der Waals surface area contributed by atoms with E-state index in [1.165, 1.54) is 5.56 Å². The lowest BCUT2D eigenvalue weighted by atomic mass is 10.1. The molecule has 4 nitrogen and oxygen atoms in total. The van der Waals surface area contributed by atoms with Crippen LogP contribution in [0.15, 0.2) is 77.2 Å². The number of carbonyl (C=O) groups excluding carboxylic acids is 1. The van der Waals surface area contributed by atoms with Crippen LogP contribution < -0.4 is 5.32 Å². The molecule has 1 N–H and O–H groups in total. The number of carbonyl (C=O) groups is 1. The van der Waals surface area contributed by atoms with Gasteiger partial charge < -0.3 is 9.73 Å². The Bertz CT molecular complexity index is 1120. The van der Waals surface area contributed by atoms with E-state index in [0.717, 1.165) is 35.9 Å². The van der Waals surface area contributed by atoms with Crippen LogP contribution in [-0.4, -0.2) is 17.4 Å². The predicted octanol–water partition coefficient (Wildman–Crippen LogP) is 5.56. The summed E-state index contributed by atoms with van der Waals surface area (Å²) in [6.07, 6.45) is 3.00. The Morgan fingerprint density at radius 1 is 0.966 bits per heavy atom. The molecule has 4 heteroatoms. The second-order valence-electron chi connectivity index (χ2n) is 7.18. The maximum Gasteiger partial charge on any atom is 0.252 e. The van der Waals surface area contributed by atoms with E-state index in [9.17, 15) is 4.79 Å². The molecule has 0 aliphatic heterocycles. The average Bonchev–Trinajstić information content (AvgIpc) is 3.19. The van der Waals surface area contributed by atoms with E-state index in [1.54, 1.807) is 0 Å². The fraction of sp³-hybridized carbons (Fsp3) is 0.200. The highest BCUT2D eigenvalue weighted by Crippen LogP contribution is 2.26. The van der Waals surface area contributed by atoms with Gasteiger partial charge >= 0.3 is 0 Å². The van der Waals surface area contributed by atoms with Crippen LogP contribution in [0.2, 0.25) is 0 Å². The number of hydrogen-bond donors (Lipinski definition) is 1. The van der Waals surface area contributed by atoms with Gasteiger partial charge in [-0.05, 0) is 56.0 Å². The molecule has 0 spiro atoms. The van der Waals surface area contributed by atoms with E-state index >= 15 is 0 Å². The lowest BCUT2D eigenvalue weighted by molar-refractivity contribution is 0.0954. The number of pyridine rings is 1. The largest absolute Gasteiger partial charge is 0.460 e. The Morgan fingerprint density at radius 2 is 1.76 bits per heavy atom. The number of amides is 1. The van der Waals surface area contributed by atoms with Gasteiger partial charge in [-0.1, -0.05) is 48.5 Å². The number of hydrogen-bond acceptors (Lipinski definition) is 3. The van der Waals surface area contributed by atoms with Gasteiger partial charge in [-0.25, -0.2) is 4.98 Å². The van der Waals surface area contributed by atoms with Gasteiger partial charge in [-0.3, -0.25) is 4.79 Å². The Morgan fingerprint density at radius 3 is 2.55 bits per heavy atom. The Hall–Kier alpha value is -3.40. The molecule has 29 heavy (non-hydrogen) atoms. The zero-order valence-corrected chi connectivity index (χ0v) is 16.5. The Kier molecular flexibility index (Phi) is 5.71. The highest BCUT2D eigenvalue weighted by molar-refractivity contribution is 6.07. The summed E-state index contributed by atoms with van der Waals surface area (Å²) in [7, 11) is 0. The first-order chi connectivity index (χ1) is 14.2. The molecule has 146 valence electrons. The lowest BCUT2D eigenvalue weighted by Crippen LogP contribution is -2.25. The Labute approximate surface area is 170 Å². The molecule has 4 aromatic rings. The van der Waals surface area contributed by atoms with E-state index in [0.29, 0.717) is 23.6 Å². The maximum absolute atomic E-state index is 12.9. The van der Waals surface area contributed by atoms with Crippen molar-refractivity contribution in [2.75, 3.05) is 6.54 Å². The molecule has 0 atom stereocenters. The van der Waals surface area contributed by atoms with Crippen LogP contribution in [0.25, 0.3) is 22.4 Å². The van der Waals surface area contributed by atoms with Gasteiger partial charge in [-0.15, -0.1) is 0 Å². The number of aryl methyl sites for hydroxylation is 2. The summed E-state index contributed by atoms with van der Waals surface area (Å²) in [6.45, 7) is 2.55. The molecule has 1 amide bonds. The van der Waals surface area contributed by atoms with Crippen molar-refractivity contribution in [1.82, 2.24) is 10.3 Å². The summed E-state index contributed by atoms with van der Waals surface area (Å²) in [5.41, 5.74) is 3.42.